The lowest BCUT2D eigenvalue weighted by molar-refractivity contribution is 0.353. The normalized spacial score (nSPS) is 12.6. The number of hydrogen-bond donors (Lipinski definition) is 0. The highest BCUT2D eigenvalue weighted by molar-refractivity contribution is 7.89. The molecule has 0 atom stereocenters. The minimum absolute atomic E-state index is 0.0695. The summed E-state index contributed by atoms with van der Waals surface area (Å²) in [5.41, 5.74) is 1.25. The molecule has 0 aliphatic rings. The highest BCUT2D eigenvalue weighted by Gasteiger charge is 2.31. The van der Waals surface area contributed by atoms with Crippen LogP contribution in [-0.2, 0) is 16.6 Å². The first-order valence-electron chi connectivity index (χ1n) is 7.39. The summed E-state index contributed by atoms with van der Waals surface area (Å²) in [6, 6.07) is -0.0695. The molecule has 1 rings (SSSR count). The fourth-order valence-electron chi connectivity index (χ4n) is 2.47. The molecule has 122 valence electrons. The Morgan fingerprint density at radius 1 is 1.33 bits per heavy atom. The van der Waals surface area contributed by atoms with Crippen LogP contribution >= 0.6 is 11.6 Å². The molecule has 1 aromatic rings. The molecule has 0 spiro atoms. The third-order valence-electron chi connectivity index (χ3n) is 3.41. The van der Waals surface area contributed by atoms with E-state index in [-0.39, 0.29) is 6.04 Å². The molecule has 0 saturated heterocycles. The maximum atomic E-state index is 12.9. The minimum Gasteiger partial charge on any atom is -0.268 e. The average Bonchev–Trinajstić information content (AvgIpc) is 2.68. The lowest BCUT2D eigenvalue weighted by Gasteiger charge is -2.25. The van der Waals surface area contributed by atoms with Crippen molar-refractivity contribution in [2.45, 2.75) is 64.9 Å². The molecule has 0 radical (unpaired) electrons. The molecule has 0 aromatic carbocycles. The number of aromatic nitrogens is 2. The molecule has 1 heterocycles. The Bertz CT molecular complexity index is 567. The fourth-order valence-corrected chi connectivity index (χ4v) is 4.70. The third kappa shape index (κ3) is 3.99. The van der Waals surface area contributed by atoms with Gasteiger partial charge in [0.05, 0.1) is 11.4 Å². The summed E-state index contributed by atoms with van der Waals surface area (Å²) in [7, 11) is -3.51. The van der Waals surface area contributed by atoms with Crippen LogP contribution in [0, 0.1) is 13.8 Å². The van der Waals surface area contributed by atoms with Crippen LogP contribution < -0.4 is 0 Å². The van der Waals surface area contributed by atoms with Crippen LogP contribution in [0.25, 0.3) is 0 Å². The standard InChI is InChI=1S/C14H26ClN3O2S/c1-6-9-18(11(2)3)21(19,20)14-12(4)16-17(13(14)5)10-7-8-15/h11H,6-10H2,1-5H3. The summed E-state index contributed by atoms with van der Waals surface area (Å²) in [4.78, 5) is 0.347. The molecule has 1 aromatic heterocycles. The van der Waals surface area contributed by atoms with Crippen molar-refractivity contribution in [1.82, 2.24) is 14.1 Å². The Morgan fingerprint density at radius 3 is 2.43 bits per heavy atom. The third-order valence-corrected chi connectivity index (χ3v) is 6.00. The molecule has 0 bridgehead atoms. The number of nitrogens with zero attached hydrogens (tertiary/aromatic N) is 3. The monoisotopic (exact) mass is 335 g/mol. The van der Waals surface area contributed by atoms with E-state index in [0.717, 1.165) is 12.8 Å². The largest absolute Gasteiger partial charge is 0.268 e. The Kier molecular flexibility index (Phi) is 6.69. The molecule has 0 aliphatic carbocycles. The van der Waals surface area contributed by atoms with Crippen LogP contribution in [0.4, 0.5) is 0 Å². The van der Waals surface area contributed by atoms with Crippen molar-refractivity contribution < 1.29 is 8.42 Å². The van der Waals surface area contributed by atoms with Crippen LogP contribution in [0.5, 0.6) is 0 Å². The Labute approximate surface area is 133 Å². The van der Waals surface area contributed by atoms with Gasteiger partial charge in [0.25, 0.3) is 0 Å². The maximum Gasteiger partial charge on any atom is 0.246 e. The summed E-state index contributed by atoms with van der Waals surface area (Å²) in [5.74, 6) is 0.536. The first-order valence-corrected chi connectivity index (χ1v) is 9.36. The van der Waals surface area contributed by atoms with Crippen molar-refractivity contribution in [2.75, 3.05) is 12.4 Å². The van der Waals surface area contributed by atoms with Gasteiger partial charge >= 0.3 is 0 Å². The highest BCUT2D eigenvalue weighted by atomic mass is 35.5. The summed E-state index contributed by atoms with van der Waals surface area (Å²) < 4.78 is 29.2. The van der Waals surface area contributed by atoms with Gasteiger partial charge in [0.2, 0.25) is 10.0 Å². The lowest BCUT2D eigenvalue weighted by Crippen LogP contribution is -2.38. The number of sulfonamides is 1. The van der Waals surface area contributed by atoms with Crippen LogP contribution in [0.3, 0.4) is 0 Å². The predicted octanol–water partition coefficient (Wildman–Crippen LogP) is 2.94. The van der Waals surface area contributed by atoms with E-state index in [2.05, 4.69) is 5.10 Å². The number of aryl methyl sites for hydroxylation is 2. The van der Waals surface area contributed by atoms with Crippen LogP contribution in [0.1, 0.15) is 45.0 Å². The molecule has 21 heavy (non-hydrogen) atoms. The zero-order valence-electron chi connectivity index (χ0n) is 13.6. The number of halogens is 1. The Balaban J connectivity index is 3.27. The zero-order valence-corrected chi connectivity index (χ0v) is 15.1. The van der Waals surface area contributed by atoms with Crippen LogP contribution in [0.2, 0.25) is 0 Å². The van der Waals surface area contributed by atoms with Crippen LogP contribution in [0.15, 0.2) is 4.90 Å². The number of rotatable bonds is 8. The minimum atomic E-state index is -3.51. The van der Waals surface area contributed by atoms with Gasteiger partial charge in [0.15, 0.2) is 0 Å². The van der Waals surface area contributed by atoms with Gasteiger partial charge in [-0.15, -0.1) is 11.6 Å². The number of hydrogen-bond acceptors (Lipinski definition) is 3. The van der Waals surface area contributed by atoms with E-state index in [1.807, 2.05) is 27.7 Å². The molecule has 0 fully saturated rings. The predicted molar refractivity (Wildman–Crippen MR) is 86.4 cm³/mol. The molecule has 0 saturated carbocycles. The SMILES string of the molecule is CCCN(C(C)C)S(=O)(=O)c1c(C)nn(CCCCl)c1C. The molecular formula is C14H26ClN3O2S. The second-order valence-corrected chi connectivity index (χ2v) is 7.68. The lowest BCUT2D eigenvalue weighted by atomic mass is 10.4. The molecule has 0 N–H and O–H groups in total. The van der Waals surface area contributed by atoms with Gasteiger partial charge in [-0.05, 0) is 40.5 Å². The second-order valence-electron chi connectivity index (χ2n) is 5.48. The van der Waals surface area contributed by atoms with E-state index in [0.29, 0.717) is 35.3 Å². The van der Waals surface area contributed by atoms with Gasteiger partial charge in [0.1, 0.15) is 4.90 Å². The van der Waals surface area contributed by atoms with Gasteiger partial charge in [-0.3, -0.25) is 4.68 Å². The van der Waals surface area contributed by atoms with E-state index in [1.54, 1.807) is 15.9 Å². The number of alkyl halides is 1. The van der Waals surface area contributed by atoms with Crippen molar-refractivity contribution in [1.29, 1.82) is 0 Å². The summed E-state index contributed by atoms with van der Waals surface area (Å²) in [6.45, 7) is 10.5. The molecule has 0 amide bonds. The second kappa shape index (κ2) is 7.61. The topological polar surface area (TPSA) is 55.2 Å². The maximum absolute atomic E-state index is 12.9. The molecule has 0 unspecified atom stereocenters. The molecule has 7 heteroatoms. The van der Waals surface area contributed by atoms with E-state index in [9.17, 15) is 8.42 Å². The summed E-state index contributed by atoms with van der Waals surface area (Å²) in [5, 5.41) is 4.37. The zero-order chi connectivity index (χ0) is 16.2. The van der Waals surface area contributed by atoms with E-state index in [4.69, 9.17) is 11.6 Å². The summed E-state index contributed by atoms with van der Waals surface area (Å²) >= 11 is 5.71. The van der Waals surface area contributed by atoms with Crippen molar-refractivity contribution in [3.63, 3.8) is 0 Å². The van der Waals surface area contributed by atoms with Crippen molar-refractivity contribution in [3.8, 4) is 0 Å². The van der Waals surface area contributed by atoms with Gasteiger partial charge < -0.3 is 0 Å². The first kappa shape index (κ1) is 18.5. The van der Waals surface area contributed by atoms with E-state index in [1.165, 1.54) is 0 Å². The van der Waals surface area contributed by atoms with Crippen molar-refractivity contribution >= 4 is 21.6 Å². The van der Waals surface area contributed by atoms with Crippen LogP contribution in [-0.4, -0.2) is 41.0 Å². The summed E-state index contributed by atoms with van der Waals surface area (Å²) in [6.07, 6.45) is 1.56. The van der Waals surface area contributed by atoms with Gasteiger partial charge in [0, 0.05) is 25.0 Å². The van der Waals surface area contributed by atoms with E-state index < -0.39 is 10.0 Å². The quantitative estimate of drug-likeness (QED) is 0.686. The average molecular weight is 336 g/mol. The molecular weight excluding hydrogens is 310 g/mol. The van der Waals surface area contributed by atoms with Crippen molar-refractivity contribution in [2.24, 2.45) is 0 Å². The van der Waals surface area contributed by atoms with E-state index >= 15 is 0 Å². The first-order chi connectivity index (χ1) is 9.77. The van der Waals surface area contributed by atoms with Gasteiger partial charge in [-0.1, -0.05) is 6.92 Å². The van der Waals surface area contributed by atoms with Gasteiger partial charge in [-0.25, -0.2) is 8.42 Å². The molecule has 0 aliphatic heterocycles. The Hall–Kier alpha value is -0.590. The molecule has 5 nitrogen and oxygen atoms in total. The Morgan fingerprint density at radius 2 is 1.95 bits per heavy atom. The smallest absolute Gasteiger partial charge is 0.246 e. The van der Waals surface area contributed by atoms with Crippen molar-refractivity contribution in [3.05, 3.63) is 11.4 Å². The fraction of sp³-hybridized carbons (Fsp3) is 0.786. The highest BCUT2D eigenvalue weighted by Crippen LogP contribution is 2.25. The van der Waals surface area contributed by atoms with Gasteiger partial charge in [-0.2, -0.15) is 9.40 Å².